The Balaban J connectivity index is 2.11. The molecule has 0 atom stereocenters. The van der Waals surface area contributed by atoms with Crippen molar-refractivity contribution in [1.82, 2.24) is 10.1 Å². The summed E-state index contributed by atoms with van der Waals surface area (Å²) >= 11 is 0. The van der Waals surface area contributed by atoms with Crippen molar-refractivity contribution in [3.8, 4) is 11.3 Å². The molecule has 0 bridgehead atoms. The summed E-state index contributed by atoms with van der Waals surface area (Å²) in [6, 6.07) is 9.96. The Morgan fingerprint density at radius 2 is 1.48 bits per heavy atom. The van der Waals surface area contributed by atoms with Crippen LogP contribution < -0.4 is 0 Å². The van der Waals surface area contributed by atoms with Gasteiger partial charge in [-0.05, 0) is 6.07 Å². The lowest BCUT2D eigenvalue weighted by Gasteiger charge is -2.04. The van der Waals surface area contributed by atoms with Gasteiger partial charge in [0.25, 0.3) is 5.71 Å². The fraction of sp³-hybridized carbons (Fsp3) is 0. The summed E-state index contributed by atoms with van der Waals surface area (Å²) in [6.07, 6.45) is 0. The van der Waals surface area contributed by atoms with Crippen molar-refractivity contribution < 1.29 is 22.1 Å². The summed E-state index contributed by atoms with van der Waals surface area (Å²) in [5.41, 5.74) is 0.265. The molecule has 2 aromatic carbocycles. The van der Waals surface area contributed by atoms with Gasteiger partial charge >= 0.3 is 0 Å². The first-order valence-corrected chi connectivity index (χ1v) is 6.55. The van der Waals surface area contributed by atoms with Crippen LogP contribution in [0.15, 0.2) is 40.9 Å². The van der Waals surface area contributed by atoms with Gasteiger partial charge in [0.15, 0.2) is 23.3 Å². The van der Waals surface area contributed by atoms with E-state index in [4.69, 9.17) is 4.52 Å². The van der Waals surface area contributed by atoms with Crippen LogP contribution in [0, 0.1) is 23.3 Å². The van der Waals surface area contributed by atoms with Gasteiger partial charge in [0, 0.05) is 10.9 Å². The summed E-state index contributed by atoms with van der Waals surface area (Å²) in [7, 11) is 0. The maximum absolute atomic E-state index is 13.9. The highest BCUT2D eigenvalue weighted by Crippen LogP contribution is 2.32. The second-order valence-corrected chi connectivity index (χ2v) is 4.89. The van der Waals surface area contributed by atoms with Crippen molar-refractivity contribution in [3.05, 3.63) is 59.7 Å². The van der Waals surface area contributed by atoms with Crippen molar-refractivity contribution in [3.63, 3.8) is 0 Å². The molecule has 23 heavy (non-hydrogen) atoms. The van der Waals surface area contributed by atoms with Crippen molar-refractivity contribution in [2.75, 3.05) is 0 Å². The Labute approximate surface area is 126 Å². The summed E-state index contributed by atoms with van der Waals surface area (Å²) in [5, 5.41) is 3.62. The number of benzene rings is 2. The minimum Gasteiger partial charge on any atom is -0.335 e. The third-order valence-corrected chi connectivity index (χ3v) is 3.54. The van der Waals surface area contributed by atoms with Crippen LogP contribution in [0.2, 0.25) is 0 Å². The van der Waals surface area contributed by atoms with Crippen molar-refractivity contribution in [2.45, 2.75) is 0 Å². The molecule has 0 radical (unpaired) electrons. The predicted molar refractivity (Wildman–Crippen MR) is 74.6 cm³/mol. The van der Waals surface area contributed by atoms with Crippen LogP contribution in [0.25, 0.3) is 33.3 Å². The van der Waals surface area contributed by atoms with Crippen LogP contribution in [-0.2, 0) is 0 Å². The Hall–Kier alpha value is -2.96. The van der Waals surface area contributed by atoms with Gasteiger partial charge in [-0.15, -0.1) is 0 Å². The topological polar surface area (TPSA) is 38.9 Å². The number of rotatable bonds is 1. The average molecular weight is 318 g/mol. The third-order valence-electron chi connectivity index (χ3n) is 3.54. The molecule has 0 spiro atoms. The van der Waals surface area contributed by atoms with E-state index in [-0.39, 0.29) is 11.1 Å². The predicted octanol–water partition coefficient (Wildman–Crippen LogP) is 4.60. The summed E-state index contributed by atoms with van der Waals surface area (Å²) < 4.78 is 59.5. The molecular formula is C16H6F4N2O. The molecule has 2 aromatic heterocycles. The second kappa shape index (κ2) is 4.77. The molecule has 7 heteroatoms. The van der Waals surface area contributed by atoms with E-state index in [1.165, 1.54) is 0 Å². The van der Waals surface area contributed by atoms with Gasteiger partial charge in [-0.1, -0.05) is 35.5 Å². The molecule has 2 heterocycles. The van der Waals surface area contributed by atoms with Crippen molar-refractivity contribution in [2.24, 2.45) is 0 Å². The Kier molecular flexibility index (Phi) is 2.84. The zero-order valence-corrected chi connectivity index (χ0v) is 11.3. The molecule has 0 saturated carbocycles. The van der Waals surface area contributed by atoms with Gasteiger partial charge in [-0.3, -0.25) is 0 Å². The number of halogens is 4. The number of aromatic nitrogens is 2. The second-order valence-electron chi connectivity index (χ2n) is 4.89. The van der Waals surface area contributed by atoms with Gasteiger partial charge < -0.3 is 4.52 Å². The smallest absolute Gasteiger partial charge is 0.259 e. The molecule has 0 aliphatic rings. The van der Waals surface area contributed by atoms with Crippen LogP contribution >= 0.6 is 0 Å². The van der Waals surface area contributed by atoms with Crippen LogP contribution in [0.1, 0.15) is 0 Å². The van der Waals surface area contributed by atoms with E-state index >= 15 is 0 Å². The molecule has 0 aliphatic carbocycles. The minimum atomic E-state index is -1.91. The van der Waals surface area contributed by atoms with Crippen molar-refractivity contribution in [1.29, 1.82) is 0 Å². The number of fused-ring (bicyclic) bond motifs is 2. The minimum absolute atomic E-state index is 0.0966. The van der Waals surface area contributed by atoms with E-state index in [1.807, 2.05) is 0 Å². The molecule has 114 valence electrons. The molecule has 3 nitrogen and oxygen atoms in total. The maximum atomic E-state index is 13.9. The summed E-state index contributed by atoms with van der Waals surface area (Å²) in [5.74, 6) is -6.87. The lowest BCUT2D eigenvalue weighted by molar-refractivity contribution is 0.416. The van der Waals surface area contributed by atoms with Crippen LogP contribution in [-0.4, -0.2) is 10.1 Å². The fourth-order valence-electron chi connectivity index (χ4n) is 2.43. The van der Waals surface area contributed by atoms with E-state index in [0.29, 0.717) is 11.3 Å². The molecule has 0 aliphatic heterocycles. The average Bonchev–Trinajstić information content (AvgIpc) is 3.00. The first kappa shape index (κ1) is 13.7. The highest BCUT2D eigenvalue weighted by atomic mass is 19.2. The first-order chi connectivity index (χ1) is 11.1. The van der Waals surface area contributed by atoms with Gasteiger partial charge in [-0.2, -0.15) is 0 Å². The number of nitrogens with zero attached hydrogens (tertiary/aromatic N) is 2. The molecule has 0 N–H and O–H groups in total. The van der Waals surface area contributed by atoms with E-state index < -0.39 is 34.2 Å². The van der Waals surface area contributed by atoms with Crippen LogP contribution in [0.3, 0.4) is 0 Å². The van der Waals surface area contributed by atoms with E-state index in [9.17, 15) is 17.6 Å². The monoisotopic (exact) mass is 318 g/mol. The molecule has 0 amide bonds. The SMILES string of the molecule is Fc1c(F)c(F)c2nc3onc(-c4ccccc4)c3cc2c1F. The molecule has 0 unspecified atom stereocenters. The summed E-state index contributed by atoms with van der Waals surface area (Å²) in [4.78, 5) is 3.74. The van der Waals surface area contributed by atoms with Crippen molar-refractivity contribution >= 4 is 22.0 Å². The Morgan fingerprint density at radius 1 is 0.783 bits per heavy atom. The molecule has 0 fully saturated rings. The normalized spacial score (nSPS) is 11.5. The maximum Gasteiger partial charge on any atom is 0.259 e. The zero-order chi connectivity index (χ0) is 16.1. The number of pyridine rings is 1. The van der Waals surface area contributed by atoms with Gasteiger partial charge in [-0.25, -0.2) is 22.5 Å². The Bertz CT molecular complexity index is 1060. The van der Waals surface area contributed by atoms with Crippen LogP contribution in [0.4, 0.5) is 17.6 Å². The van der Waals surface area contributed by atoms with E-state index in [0.717, 1.165) is 6.07 Å². The largest absolute Gasteiger partial charge is 0.335 e. The standard InChI is InChI=1S/C16H6F4N2O/c17-10-8-6-9-14(7-4-2-1-3-5-7)22-23-16(9)21-15(8)13(20)12(19)11(10)18/h1-6H. The highest BCUT2D eigenvalue weighted by molar-refractivity contribution is 5.97. The number of hydrogen-bond acceptors (Lipinski definition) is 3. The van der Waals surface area contributed by atoms with Crippen LogP contribution in [0.5, 0.6) is 0 Å². The fourth-order valence-corrected chi connectivity index (χ4v) is 2.43. The molecular weight excluding hydrogens is 312 g/mol. The van der Waals surface area contributed by atoms with E-state index in [2.05, 4.69) is 10.1 Å². The third kappa shape index (κ3) is 1.89. The first-order valence-electron chi connectivity index (χ1n) is 6.55. The lowest BCUT2D eigenvalue weighted by Crippen LogP contribution is -1.99. The lowest BCUT2D eigenvalue weighted by atomic mass is 10.1. The van der Waals surface area contributed by atoms with Gasteiger partial charge in [0.05, 0.1) is 5.39 Å². The quantitative estimate of drug-likeness (QED) is 0.292. The van der Waals surface area contributed by atoms with Gasteiger partial charge in [0.2, 0.25) is 0 Å². The van der Waals surface area contributed by atoms with E-state index in [1.54, 1.807) is 30.3 Å². The number of hydrogen-bond donors (Lipinski definition) is 0. The zero-order valence-electron chi connectivity index (χ0n) is 11.3. The molecule has 4 aromatic rings. The summed E-state index contributed by atoms with van der Waals surface area (Å²) in [6.45, 7) is 0. The molecule has 4 rings (SSSR count). The Morgan fingerprint density at radius 3 is 2.22 bits per heavy atom. The highest BCUT2D eigenvalue weighted by Gasteiger charge is 2.23. The van der Waals surface area contributed by atoms with Gasteiger partial charge in [0.1, 0.15) is 11.2 Å². The molecule has 0 saturated heterocycles.